The summed E-state index contributed by atoms with van der Waals surface area (Å²) >= 11 is 1.20. The number of benzene rings is 3. The number of halogens is 6. The minimum Gasteiger partial charge on any atom is -1.00 e. The molecule has 0 aliphatic rings. The number of ether oxygens (including phenoxy) is 2. The third-order valence-electron chi connectivity index (χ3n) is 8.74. The summed E-state index contributed by atoms with van der Waals surface area (Å²) in [4.78, 5) is 29.5. The van der Waals surface area contributed by atoms with Gasteiger partial charge < -0.3 is 31.8 Å². The van der Waals surface area contributed by atoms with Gasteiger partial charge in [-0.25, -0.2) is 23.1 Å². The molecular formula is C38H36BrF5N6O4S. The first-order chi connectivity index (χ1) is 25.6. The van der Waals surface area contributed by atoms with Crippen LogP contribution in [0.3, 0.4) is 0 Å². The first kappa shape index (κ1) is 42.7. The number of rotatable bonds is 14. The first-order valence-electron chi connectivity index (χ1n) is 16.7. The van der Waals surface area contributed by atoms with Crippen LogP contribution in [0.5, 0.6) is 5.75 Å². The number of esters is 2. The maximum atomic E-state index is 15.7. The van der Waals surface area contributed by atoms with Crippen molar-refractivity contribution in [2.45, 2.75) is 58.5 Å². The van der Waals surface area contributed by atoms with E-state index in [-0.39, 0.29) is 42.3 Å². The molecule has 0 amide bonds. The third kappa shape index (κ3) is 10.4. The molecule has 5 aromatic rings. The van der Waals surface area contributed by atoms with E-state index in [1.165, 1.54) is 35.6 Å². The van der Waals surface area contributed by atoms with E-state index in [2.05, 4.69) is 15.4 Å². The fourth-order valence-corrected chi connectivity index (χ4v) is 7.03. The standard InChI is InChI=1S/C38H36F5N6O4S.BrH/c1-23-13-27(14-24(2)35(23)52-34(50)11-12-45-4)18-48-21-46-49(22-48)20-37(53-36(51)38(41,42)43,30-10-9-29(39)16-31(30)40)25(3)15-33-47-32(19-54-33)28-7-5-26(17-44)6-8-28;/h5-10,13-14,16,19,21-22,25,45H,11-12,15,18,20H2,1-4H3;1H/q+1;/p-1. The summed E-state index contributed by atoms with van der Waals surface area (Å²) in [7, 11) is 1.73. The SMILES string of the molecule is CNCCC(=O)Oc1c(C)cc(C[n+]2cnn(CC(OC(=O)C(F)(F)F)(c3ccc(F)cc3F)C(C)Cc3nc(-c4ccc(C#N)cc4)cs3)c2)cc1C.[Br-]. The fourth-order valence-electron chi connectivity index (χ4n) is 6.09. The van der Waals surface area contributed by atoms with Crippen molar-refractivity contribution >= 4 is 23.3 Å². The lowest BCUT2D eigenvalue weighted by atomic mass is 9.79. The van der Waals surface area contributed by atoms with E-state index in [0.29, 0.717) is 51.3 Å². The molecule has 10 nitrogen and oxygen atoms in total. The van der Waals surface area contributed by atoms with Crippen LogP contribution in [0.15, 0.2) is 72.6 Å². The van der Waals surface area contributed by atoms with Crippen LogP contribution in [-0.4, -0.2) is 46.5 Å². The van der Waals surface area contributed by atoms with Gasteiger partial charge in [-0.3, -0.25) is 4.79 Å². The highest BCUT2D eigenvalue weighted by Crippen LogP contribution is 2.41. The Labute approximate surface area is 328 Å². The minimum atomic E-state index is -5.45. The molecule has 3 aromatic carbocycles. The van der Waals surface area contributed by atoms with Crippen LogP contribution in [0.1, 0.15) is 46.2 Å². The van der Waals surface area contributed by atoms with E-state index < -0.39 is 47.4 Å². The second kappa shape index (κ2) is 18.1. The van der Waals surface area contributed by atoms with Crippen LogP contribution in [0.4, 0.5) is 22.0 Å². The second-order valence-corrected chi connectivity index (χ2v) is 13.8. The predicted octanol–water partition coefficient (Wildman–Crippen LogP) is 3.51. The number of nitriles is 1. The Morgan fingerprint density at radius 2 is 1.76 bits per heavy atom. The lowest BCUT2D eigenvalue weighted by Gasteiger charge is -2.37. The number of nitrogens with zero attached hydrogens (tertiary/aromatic N) is 5. The van der Waals surface area contributed by atoms with Crippen LogP contribution in [-0.2, 0) is 39.4 Å². The second-order valence-electron chi connectivity index (χ2n) is 12.8. The van der Waals surface area contributed by atoms with Crippen LogP contribution in [0.2, 0.25) is 0 Å². The van der Waals surface area contributed by atoms with Crippen LogP contribution in [0.25, 0.3) is 11.3 Å². The smallest absolute Gasteiger partial charge is 0.490 e. The molecule has 0 fully saturated rings. The molecule has 2 heterocycles. The van der Waals surface area contributed by atoms with Gasteiger partial charge in [-0.2, -0.15) is 18.4 Å². The topological polar surface area (TPSA) is 123 Å². The van der Waals surface area contributed by atoms with Crippen LogP contribution >= 0.6 is 11.3 Å². The van der Waals surface area contributed by atoms with Crippen molar-refractivity contribution < 1.29 is 62.6 Å². The van der Waals surface area contributed by atoms with Crippen molar-refractivity contribution in [2.24, 2.45) is 5.92 Å². The summed E-state index contributed by atoms with van der Waals surface area (Å²) in [6.45, 7) is 5.20. The van der Waals surface area contributed by atoms with Gasteiger partial charge in [0.1, 0.15) is 23.9 Å². The predicted molar refractivity (Wildman–Crippen MR) is 187 cm³/mol. The van der Waals surface area contributed by atoms with Crippen LogP contribution < -0.4 is 31.6 Å². The number of carbonyl (C=O) groups is 2. The van der Waals surface area contributed by atoms with Crippen molar-refractivity contribution in [3.63, 3.8) is 0 Å². The molecule has 0 spiro atoms. The van der Waals surface area contributed by atoms with Gasteiger partial charge in [0.2, 0.25) is 6.33 Å². The van der Waals surface area contributed by atoms with E-state index in [4.69, 9.17) is 14.7 Å². The zero-order valence-electron chi connectivity index (χ0n) is 30.1. The highest BCUT2D eigenvalue weighted by Gasteiger charge is 2.52. The van der Waals surface area contributed by atoms with Crippen molar-refractivity contribution in [3.05, 3.63) is 117 Å². The van der Waals surface area contributed by atoms with Gasteiger partial charge in [0, 0.05) is 46.6 Å². The van der Waals surface area contributed by atoms with Gasteiger partial charge >= 0.3 is 18.1 Å². The molecule has 0 bridgehead atoms. The number of carbonyl (C=O) groups excluding carboxylic acids is 2. The van der Waals surface area contributed by atoms with E-state index in [0.717, 1.165) is 17.7 Å². The lowest BCUT2D eigenvalue weighted by Crippen LogP contribution is -3.00. The molecule has 2 unspecified atom stereocenters. The summed E-state index contributed by atoms with van der Waals surface area (Å²) in [6.07, 6.45) is -2.46. The van der Waals surface area contributed by atoms with Gasteiger partial charge in [0.15, 0.2) is 5.60 Å². The Morgan fingerprint density at radius 1 is 1.07 bits per heavy atom. The highest BCUT2D eigenvalue weighted by molar-refractivity contribution is 7.09. The average Bonchev–Trinajstić information content (AvgIpc) is 3.77. The third-order valence-corrected chi connectivity index (χ3v) is 9.61. The molecule has 0 radical (unpaired) electrons. The number of hydrogen-bond acceptors (Lipinski definition) is 9. The highest BCUT2D eigenvalue weighted by atomic mass is 79.9. The number of thiazole rings is 1. The lowest BCUT2D eigenvalue weighted by molar-refractivity contribution is -0.689. The van der Waals surface area contributed by atoms with E-state index in [1.807, 2.05) is 18.2 Å². The number of aromatic nitrogens is 4. The Kier molecular flexibility index (Phi) is 14.0. The summed E-state index contributed by atoms with van der Waals surface area (Å²) < 4.78 is 85.2. The molecule has 0 aliphatic carbocycles. The Balaban J connectivity index is 0.00000673. The molecule has 0 saturated heterocycles. The molecule has 55 heavy (non-hydrogen) atoms. The number of nitrogens with one attached hydrogen (secondary N) is 1. The van der Waals surface area contributed by atoms with Crippen LogP contribution in [0, 0.1) is 42.7 Å². The molecular weight excluding hydrogens is 811 g/mol. The molecule has 5 rings (SSSR count). The average molecular weight is 848 g/mol. The monoisotopic (exact) mass is 846 g/mol. The molecule has 2 aromatic heterocycles. The molecule has 290 valence electrons. The Morgan fingerprint density at radius 3 is 2.38 bits per heavy atom. The summed E-state index contributed by atoms with van der Waals surface area (Å²) in [5.74, 6) is -5.78. The minimum absolute atomic E-state index is 0. The molecule has 0 saturated carbocycles. The molecule has 0 aliphatic heterocycles. The number of aryl methyl sites for hydroxylation is 2. The van der Waals surface area contributed by atoms with E-state index in [1.54, 1.807) is 55.1 Å². The molecule has 2 atom stereocenters. The van der Waals surface area contributed by atoms with E-state index >= 15 is 4.39 Å². The fraction of sp³-hybridized carbons (Fsp3) is 0.316. The first-order valence-corrected chi connectivity index (χ1v) is 17.6. The maximum Gasteiger partial charge on any atom is 0.490 e. The van der Waals surface area contributed by atoms with E-state index in [9.17, 15) is 27.2 Å². The summed E-state index contributed by atoms with van der Waals surface area (Å²) in [5.41, 5.74) is 1.04. The van der Waals surface area contributed by atoms with Crippen molar-refractivity contribution in [1.82, 2.24) is 20.1 Å². The van der Waals surface area contributed by atoms with Gasteiger partial charge in [-0.05, 0) is 74.0 Å². The molecule has 17 heteroatoms. The largest absolute Gasteiger partial charge is 1.00 e. The maximum absolute atomic E-state index is 15.7. The van der Waals surface area contributed by atoms with Gasteiger partial charge in [0.25, 0.3) is 6.33 Å². The van der Waals surface area contributed by atoms with Crippen molar-refractivity contribution in [3.8, 4) is 23.1 Å². The summed E-state index contributed by atoms with van der Waals surface area (Å²) in [5, 5.41) is 18.5. The number of hydrogen-bond donors (Lipinski definition) is 1. The van der Waals surface area contributed by atoms with Gasteiger partial charge in [-0.1, -0.05) is 19.1 Å². The molecule has 1 N–H and O–H groups in total. The van der Waals surface area contributed by atoms with Crippen molar-refractivity contribution in [1.29, 1.82) is 5.26 Å². The Hall–Kier alpha value is -5.05. The van der Waals surface area contributed by atoms with Crippen molar-refractivity contribution in [2.75, 3.05) is 13.6 Å². The zero-order chi connectivity index (χ0) is 39.2. The zero-order valence-corrected chi connectivity index (χ0v) is 32.5. The summed E-state index contributed by atoms with van der Waals surface area (Å²) in [6, 6.07) is 14.7. The Bertz CT molecular complexity index is 2160. The number of alkyl halides is 3. The van der Waals surface area contributed by atoms with Gasteiger partial charge in [-0.15, -0.1) is 16.0 Å². The van der Waals surface area contributed by atoms with Gasteiger partial charge in [0.05, 0.1) is 35.3 Å². The quantitative estimate of drug-likeness (QED) is 0.0781. The normalized spacial score (nSPS) is 12.9.